The van der Waals surface area contributed by atoms with Gasteiger partial charge in [-0.15, -0.1) is 0 Å². The minimum Gasteiger partial charge on any atom is -0.457 e. The summed E-state index contributed by atoms with van der Waals surface area (Å²) in [5, 5.41) is 2.49. The van der Waals surface area contributed by atoms with Gasteiger partial charge in [0.05, 0.1) is 16.4 Å². The van der Waals surface area contributed by atoms with E-state index >= 15 is 0 Å². The van der Waals surface area contributed by atoms with Crippen LogP contribution in [0.5, 0.6) is 11.5 Å². The molecule has 0 amide bonds. The molecule has 9 aromatic rings. The molecule has 1 spiro atoms. The Balaban J connectivity index is 1.31. The molecule has 0 N–H and O–H groups in total. The van der Waals surface area contributed by atoms with Gasteiger partial charge in [-0.3, -0.25) is 0 Å². The third kappa shape index (κ3) is 3.87. The van der Waals surface area contributed by atoms with Crippen LogP contribution in [0.25, 0.3) is 60.9 Å². The fraction of sp³-hybridized carbons (Fsp3) is 0.0204. The van der Waals surface area contributed by atoms with Crippen LogP contribution in [0, 0.1) is 0 Å². The van der Waals surface area contributed by atoms with Gasteiger partial charge in [-0.1, -0.05) is 152 Å². The second kappa shape index (κ2) is 10.7. The second-order valence-corrected chi connectivity index (χ2v) is 13.6. The number of benzene rings is 8. The molecular weight excluding hydrogens is 619 g/mol. The number of ether oxygens (including phenoxy) is 1. The lowest BCUT2D eigenvalue weighted by Gasteiger charge is -2.39. The maximum Gasteiger partial charge on any atom is 0.132 e. The highest BCUT2D eigenvalue weighted by atomic mass is 16.5. The van der Waals surface area contributed by atoms with Gasteiger partial charge in [0.1, 0.15) is 11.5 Å². The lowest BCUT2D eigenvalue weighted by Crippen LogP contribution is -2.32. The van der Waals surface area contributed by atoms with Crippen LogP contribution in [0.4, 0.5) is 0 Å². The third-order valence-electron chi connectivity index (χ3n) is 11.0. The van der Waals surface area contributed by atoms with Crippen LogP contribution in [-0.4, -0.2) is 4.57 Å². The number of hydrogen-bond donors (Lipinski definition) is 0. The number of hydrogen-bond acceptors (Lipinski definition) is 1. The quantitative estimate of drug-likeness (QED) is 0.186. The Bertz CT molecular complexity index is 2720. The van der Waals surface area contributed by atoms with Crippen molar-refractivity contribution < 1.29 is 4.74 Å². The summed E-state index contributed by atoms with van der Waals surface area (Å²) in [6.07, 6.45) is 0. The average molecular weight is 650 g/mol. The summed E-state index contributed by atoms with van der Waals surface area (Å²) in [7, 11) is 0. The first kappa shape index (κ1) is 28.2. The van der Waals surface area contributed by atoms with Crippen molar-refractivity contribution in [3.05, 3.63) is 210 Å². The molecule has 2 nitrogen and oxygen atoms in total. The van der Waals surface area contributed by atoms with Gasteiger partial charge in [0, 0.05) is 33.2 Å². The lowest BCUT2D eigenvalue weighted by molar-refractivity contribution is 0.436. The first-order valence-electron chi connectivity index (χ1n) is 17.6. The van der Waals surface area contributed by atoms with E-state index in [0.717, 1.165) is 17.2 Å². The standard InChI is InChI=1S/C49H31NO/c1-3-15-32(16-4-1)34-29-35(33-17-5-2-6-18-33)31-36(30-34)50-44-24-12-8-19-37(44)38-27-28-43-47(48(38)50)39-20-7-9-21-40(39)49(43)41-22-10-13-25-45(41)51-46-26-14-11-23-42(46)49/h1-31H. The van der Waals surface area contributed by atoms with E-state index in [-0.39, 0.29) is 0 Å². The first-order chi connectivity index (χ1) is 25.3. The summed E-state index contributed by atoms with van der Waals surface area (Å²) in [5.74, 6) is 1.81. The van der Waals surface area contributed by atoms with Crippen LogP contribution < -0.4 is 4.74 Å². The summed E-state index contributed by atoms with van der Waals surface area (Å²) in [6.45, 7) is 0. The molecule has 0 atom stereocenters. The van der Waals surface area contributed by atoms with Crippen molar-refractivity contribution in [2.24, 2.45) is 0 Å². The predicted molar refractivity (Wildman–Crippen MR) is 209 cm³/mol. The van der Waals surface area contributed by atoms with Gasteiger partial charge < -0.3 is 9.30 Å². The molecular formula is C49H31NO. The maximum atomic E-state index is 6.63. The second-order valence-electron chi connectivity index (χ2n) is 13.6. The SMILES string of the molecule is c1ccc(-c2cc(-c3ccccc3)cc(-n3c4ccccc4c4ccc5c(c43)-c3ccccc3C53c4ccccc4Oc4ccccc43)c2)cc1. The van der Waals surface area contributed by atoms with Crippen LogP contribution in [0.15, 0.2) is 188 Å². The summed E-state index contributed by atoms with van der Waals surface area (Å²) >= 11 is 0. The molecule has 8 aromatic carbocycles. The fourth-order valence-corrected chi connectivity index (χ4v) is 8.99. The van der Waals surface area contributed by atoms with E-state index in [1.807, 2.05) is 0 Å². The molecule has 0 radical (unpaired) electrons. The van der Waals surface area contributed by atoms with E-state index in [4.69, 9.17) is 4.74 Å². The average Bonchev–Trinajstić information content (AvgIpc) is 3.70. The van der Waals surface area contributed by atoms with Crippen LogP contribution >= 0.6 is 0 Å². The largest absolute Gasteiger partial charge is 0.457 e. The van der Waals surface area contributed by atoms with Crippen molar-refractivity contribution in [3.63, 3.8) is 0 Å². The zero-order valence-corrected chi connectivity index (χ0v) is 27.8. The Kier molecular flexibility index (Phi) is 5.91. The molecule has 2 heterocycles. The minimum absolute atomic E-state index is 0.534. The molecule has 238 valence electrons. The summed E-state index contributed by atoms with van der Waals surface area (Å²) < 4.78 is 9.15. The van der Waals surface area contributed by atoms with Crippen molar-refractivity contribution in [1.82, 2.24) is 4.57 Å². The van der Waals surface area contributed by atoms with E-state index in [9.17, 15) is 0 Å². The highest BCUT2D eigenvalue weighted by Crippen LogP contribution is 2.63. The molecule has 1 aliphatic heterocycles. The Morgan fingerprint density at radius 3 is 1.61 bits per heavy atom. The van der Waals surface area contributed by atoms with Crippen LogP contribution in [0.2, 0.25) is 0 Å². The Labute approximate surface area is 296 Å². The zero-order chi connectivity index (χ0) is 33.5. The van der Waals surface area contributed by atoms with Crippen LogP contribution in [-0.2, 0) is 5.41 Å². The van der Waals surface area contributed by atoms with E-state index in [0.29, 0.717) is 0 Å². The third-order valence-corrected chi connectivity index (χ3v) is 11.0. The number of para-hydroxylation sites is 3. The molecule has 1 aliphatic carbocycles. The molecule has 0 saturated carbocycles. The smallest absolute Gasteiger partial charge is 0.132 e. The first-order valence-corrected chi connectivity index (χ1v) is 17.6. The number of fused-ring (bicyclic) bond motifs is 13. The van der Waals surface area contributed by atoms with Gasteiger partial charge in [-0.25, -0.2) is 0 Å². The van der Waals surface area contributed by atoms with Crippen molar-refractivity contribution in [1.29, 1.82) is 0 Å². The highest BCUT2D eigenvalue weighted by Gasteiger charge is 2.51. The van der Waals surface area contributed by atoms with Crippen LogP contribution in [0.1, 0.15) is 22.3 Å². The molecule has 0 fully saturated rings. The summed E-state index contributed by atoms with van der Waals surface area (Å²) in [6, 6.07) is 68.4. The monoisotopic (exact) mass is 649 g/mol. The highest BCUT2D eigenvalue weighted by molar-refractivity contribution is 6.16. The molecule has 0 unspecified atom stereocenters. The van der Waals surface area contributed by atoms with Gasteiger partial charge in [0.15, 0.2) is 0 Å². The zero-order valence-electron chi connectivity index (χ0n) is 27.8. The maximum absolute atomic E-state index is 6.63. The normalized spacial score (nSPS) is 13.4. The van der Waals surface area contributed by atoms with Gasteiger partial charge in [-0.05, 0) is 75.3 Å². The lowest BCUT2D eigenvalue weighted by atomic mass is 9.66. The predicted octanol–water partition coefficient (Wildman–Crippen LogP) is 12.6. The molecule has 51 heavy (non-hydrogen) atoms. The van der Waals surface area contributed by atoms with E-state index in [1.54, 1.807) is 0 Å². The molecule has 0 saturated heterocycles. The Hall–Kier alpha value is -6.64. The Morgan fingerprint density at radius 2 is 0.941 bits per heavy atom. The van der Waals surface area contributed by atoms with Gasteiger partial charge in [0.25, 0.3) is 0 Å². The van der Waals surface area contributed by atoms with E-state index in [1.165, 1.54) is 77.4 Å². The fourth-order valence-electron chi connectivity index (χ4n) is 8.99. The number of rotatable bonds is 3. The molecule has 0 bridgehead atoms. The number of aromatic nitrogens is 1. The van der Waals surface area contributed by atoms with Crippen molar-refractivity contribution >= 4 is 21.8 Å². The van der Waals surface area contributed by atoms with E-state index < -0.39 is 5.41 Å². The van der Waals surface area contributed by atoms with E-state index in [2.05, 4.69) is 193 Å². The van der Waals surface area contributed by atoms with Crippen molar-refractivity contribution in [3.8, 4) is 50.6 Å². The summed E-state index contributed by atoms with van der Waals surface area (Å²) in [4.78, 5) is 0. The van der Waals surface area contributed by atoms with Gasteiger partial charge in [-0.2, -0.15) is 0 Å². The van der Waals surface area contributed by atoms with Crippen molar-refractivity contribution in [2.45, 2.75) is 5.41 Å². The van der Waals surface area contributed by atoms with Gasteiger partial charge >= 0.3 is 0 Å². The molecule has 2 aliphatic rings. The minimum atomic E-state index is -0.534. The van der Waals surface area contributed by atoms with Crippen LogP contribution in [0.3, 0.4) is 0 Å². The van der Waals surface area contributed by atoms with Gasteiger partial charge in [0.2, 0.25) is 0 Å². The molecule has 2 heteroatoms. The Morgan fingerprint density at radius 1 is 0.392 bits per heavy atom. The number of nitrogens with zero attached hydrogens (tertiary/aromatic N) is 1. The topological polar surface area (TPSA) is 14.2 Å². The molecule has 1 aromatic heterocycles. The van der Waals surface area contributed by atoms with Crippen molar-refractivity contribution in [2.75, 3.05) is 0 Å². The summed E-state index contributed by atoms with van der Waals surface area (Å²) in [5.41, 5.74) is 15.3. The molecule has 11 rings (SSSR count).